The maximum atomic E-state index is 13.4. The van der Waals surface area contributed by atoms with Crippen molar-refractivity contribution in [1.29, 1.82) is 0 Å². The summed E-state index contributed by atoms with van der Waals surface area (Å²) >= 11 is 0. The van der Waals surface area contributed by atoms with E-state index in [1.807, 2.05) is 32.3 Å². The highest BCUT2D eigenvalue weighted by molar-refractivity contribution is 5.95. The number of carbonyl (C=O) groups excluding carboxylic acids is 1. The lowest BCUT2D eigenvalue weighted by atomic mass is 10.2. The van der Waals surface area contributed by atoms with E-state index in [0.717, 1.165) is 11.4 Å². The van der Waals surface area contributed by atoms with Crippen molar-refractivity contribution < 1.29 is 18.0 Å². The number of piperazine rings is 1. The van der Waals surface area contributed by atoms with Crippen LogP contribution in [-0.2, 0) is 0 Å². The predicted octanol–water partition coefficient (Wildman–Crippen LogP) is 2.25. The number of nitrogens with one attached hydrogen (secondary N) is 2. The van der Waals surface area contributed by atoms with Gasteiger partial charge in [-0.05, 0) is 33.8 Å². The number of carbonyl (C=O) groups is 1. The fourth-order valence-electron chi connectivity index (χ4n) is 3.53. The number of hydrogen-bond acceptors (Lipinski definition) is 3. The largest absolute Gasteiger partial charge is 0.405 e. The molecule has 5 nitrogen and oxygen atoms in total. The summed E-state index contributed by atoms with van der Waals surface area (Å²) in [5.41, 5.74) is 2.13. The van der Waals surface area contributed by atoms with Crippen molar-refractivity contribution in [3.63, 3.8) is 0 Å². The van der Waals surface area contributed by atoms with E-state index in [1.54, 1.807) is 6.07 Å². The van der Waals surface area contributed by atoms with Crippen LogP contribution in [0.5, 0.6) is 0 Å². The summed E-state index contributed by atoms with van der Waals surface area (Å²) in [6.07, 6.45) is -4.38. The van der Waals surface area contributed by atoms with Gasteiger partial charge in [0.15, 0.2) is 0 Å². The Hall–Kier alpha value is -1.54. The first kappa shape index (κ1) is 19.8. The zero-order chi connectivity index (χ0) is 18.8. The normalized spacial score (nSPS) is 17.8. The highest BCUT2D eigenvalue weighted by Crippen LogP contribution is 2.25. The van der Waals surface area contributed by atoms with Crippen molar-refractivity contribution in [3.8, 4) is 0 Å². The van der Waals surface area contributed by atoms with Crippen LogP contribution in [0.1, 0.15) is 41.6 Å². The SMILES string of the molecule is Cc1cc(C(=O)NCC(N2CCNCC2)C(F)(F)F)c(C)n1C(C)C. The minimum atomic E-state index is -4.38. The molecular weight excluding hydrogens is 333 g/mol. The minimum absolute atomic E-state index is 0.185. The Labute approximate surface area is 146 Å². The molecule has 1 aromatic heterocycles. The summed E-state index contributed by atoms with van der Waals surface area (Å²) in [6.45, 7) is 8.98. The lowest BCUT2D eigenvalue weighted by molar-refractivity contribution is -0.183. The van der Waals surface area contributed by atoms with Gasteiger partial charge in [-0.15, -0.1) is 0 Å². The summed E-state index contributed by atoms with van der Waals surface area (Å²) in [5.74, 6) is -0.454. The fraction of sp³-hybridized carbons (Fsp3) is 0.706. The Morgan fingerprint density at radius 3 is 2.36 bits per heavy atom. The summed E-state index contributed by atoms with van der Waals surface area (Å²) in [7, 11) is 0. The molecule has 1 amide bonds. The first-order valence-electron chi connectivity index (χ1n) is 8.61. The van der Waals surface area contributed by atoms with Crippen LogP contribution in [0, 0.1) is 13.8 Å². The monoisotopic (exact) mass is 360 g/mol. The van der Waals surface area contributed by atoms with Gasteiger partial charge in [-0.3, -0.25) is 9.69 Å². The summed E-state index contributed by atoms with van der Waals surface area (Å²) in [4.78, 5) is 13.8. The Kier molecular flexibility index (Phi) is 6.16. The van der Waals surface area contributed by atoms with Crippen molar-refractivity contribution >= 4 is 5.91 Å². The van der Waals surface area contributed by atoms with Gasteiger partial charge in [0.05, 0.1) is 5.56 Å². The smallest absolute Gasteiger partial charge is 0.350 e. The fourth-order valence-corrected chi connectivity index (χ4v) is 3.53. The van der Waals surface area contributed by atoms with Crippen LogP contribution >= 0.6 is 0 Å². The summed E-state index contributed by atoms with van der Waals surface area (Å²) in [6, 6.07) is 0.260. The lowest BCUT2D eigenvalue weighted by Gasteiger charge is -2.35. The second-order valence-electron chi connectivity index (χ2n) is 6.80. The van der Waals surface area contributed by atoms with Crippen molar-refractivity contribution in [2.75, 3.05) is 32.7 Å². The number of rotatable bonds is 5. The molecule has 25 heavy (non-hydrogen) atoms. The second kappa shape index (κ2) is 7.78. The minimum Gasteiger partial charge on any atom is -0.350 e. The molecule has 0 radical (unpaired) electrons. The van der Waals surface area contributed by atoms with E-state index >= 15 is 0 Å². The highest BCUT2D eigenvalue weighted by atomic mass is 19.4. The zero-order valence-electron chi connectivity index (χ0n) is 15.2. The predicted molar refractivity (Wildman–Crippen MR) is 90.9 cm³/mol. The molecule has 1 fully saturated rings. The van der Waals surface area contributed by atoms with Gasteiger partial charge in [0.25, 0.3) is 5.91 Å². The molecule has 1 aromatic rings. The van der Waals surface area contributed by atoms with Crippen LogP contribution in [-0.4, -0.2) is 60.3 Å². The third-order valence-electron chi connectivity index (χ3n) is 4.67. The zero-order valence-corrected chi connectivity index (χ0v) is 15.2. The van der Waals surface area contributed by atoms with E-state index in [0.29, 0.717) is 31.7 Å². The van der Waals surface area contributed by atoms with Crippen LogP contribution in [0.2, 0.25) is 0 Å². The third-order valence-corrected chi connectivity index (χ3v) is 4.67. The van der Waals surface area contributed by atoms with Gasteiger partial charge in [-0.2, -0.15) is 13.2 Å². The van der Waals surface area contributed by atoms with E-state index in [2.05, 4.69) is 10.6 Å². The van der Waals surface area contributed by atoms with Crippen LogP contribution in [0.25, 0.3) is 0 Å². The molecule has 1 saturated heterocycles. The molecule has 142 valence electrons. The number of halogens is 3. The number of nitrogens with zero attached hydrogens (tertiary/aromatic N) is 2. The maximum absolute atomic E-state index is 13.4. The molecule has 0 aromatic carbocycles. The topological polar surface area (TPSA) is 49.3 Å². The van der Waals surface area contributed by atoms with Crippen molar-refractivity contribution in [2.45, 2.75) is 46.0 Å². The van der Waals surface area contributed by atoms with E-state index in [9.17, 15) is 18.0 Å². The molecule has 0 aliphatic carbocycles. The average Bonchev–Trinajstić information content (AvgIpc) is 2.82. The van der Waals surface area contributed by atoms with Gasteiger partial charge in [-0.25, -0.2) is 0 Å². The Balaban J connectivity index is 2.10. The number of hydrogen-bond donors (Lipinski definition) is 2. The third kappa shape index (κ3) is 4.55. The van der Waals surface area contributed by atoms with E-state index < -0.39 is 24.7 Å². The molecule has 1 unspecified atom stereocenters. The number of amides is 1. The molecule has 0 bridgehead atoms. The summed E-state index contributed by atoms with van der Waals surface area (Å²) in [5, 5.41) is 5.53. The molecule has 2 rings (SSSR count). The van der Waals surface area contributed by atoms with E-state index in [-0.39, 0.29) is 6.04 Å². The van der Waals surface area contributed by atoms with Gasteiger partial charge < -0.3 is 15.2 Å². The molecule has 1 aliphatic heterocycles. The quantitative estimate of drug-likeness (QED) is 0.847. The number of aryl methyl sites for hydroxylation is 1. The second-order valence-corrected chi connectivity index (χ2v) is 6.80. The summed E-state index contributed by atoms with van der Waals surface area (Å²) < 4.78 is 42.2. The molecule has 8 heteroatoms. The van der Waals surface area contributed by atoms with Gasteiger partial charge in [0, 0.05) is 50.2 Å². The number of aromatic nitrogens is 1. The molecule has 2 heterocycles. The standard InChI is InChI=1S/C17H27F3N4O/c1-11(2)24-12(3)9-14(13(24)4)16(25)22-10-15(17(18,19)20)23-7-5-21-6-8-23/h9,11,15,21H,5-8,10H2,1-4H3,(H,22,25). The Bertz CT molecular complexity index is 604. The lowest BCUT2D eigenvalue weighted by Crippen LogP contribution is -2.57. The average molecular weight is 360 g/mol. The molecule has 0 spiro atoms. The van der Waals surface area contributed by atoms with Crippen LogP contribution in [0.15, 0.2) is 6.07 Å². The van der Waals surface area contributed by atoms with Crippen LogP contribution in [0.3, 0.4) is 0 Å². The van der Waals surface area contributed by atoms with Gasteiger partial charge in [0.2, 0.25) is 0 Å². The first-order valence-corrected chi connectivity index (χ1v) is 8.61. The molecule has 0 saturated carbocycles. The van der Waals surface area contributed by atoms with Crippen LogP contribution < -0.4 is 10.6 Å². The van der Waals surface area contributed by atoms with Gasteiger partial charge >= 0.3 is 6.18 Å². The maximum Gasteiger partial charge on any atom is 0.405 e. The van der Waals surface area contributed by atoms with Crippen molar-refractivity contribution in [2.24, 2.45) is 0 Å². The Morgan fingerprint density at radius 2 is 1.88 bits per heavy atom. The van der Waals surface area contributed by atoms with Gasteiger partial charge in [-0.1, -0.05) is 0 Å². The Morgan fingerprint density at radius 1 is 1.28 bits per heavy atom. The highest BCUT2D eigenvalue weighted by Gasteiger charge is 2.43. The molecule has 1 atom stereocenters. The van der Waals surface area contributed by atoms with E-state index in [1.165, 1.54) is 4.90 Å². The molecule has 2 N–H and O–H groups in total. The van der Waals surface area contributed by atoms with Crippen molar-refractivity contribution in [1.82, 2.24) is 20.1 Å². The van der Waals surface area contributed by atoms with E-state index in [4.69, 9.17) is 0 Å². The van der Waals surface area contributed by atoms with Crippen LogP contribution in [0.4, 0.5) is 13.2 Å². The molecule has 1 aliphatic rings. The van der Waals surface area contributed by atoms with Gasteiger partial charge in [0.1, 0.15) is 6.04 Å². The number of alkyl halides is 3. The molecular formula is C17H27F3N4O. The van der Waals surface area contributed by atoms with Crippen molar-refractivity contribution in [3.05, 3.63) is 23.0 Å². The first-order chi connectivity index (χ1) is 11.6.